The van der Waals surface area contributed by atoms with E-state index in [1.54, 1.807) is 0 Å². The topological polar surface area (TPSA) is 44.5 Å². The second-order valence-corrected chi connectivity index (χ2v) is 7.03. The normalized spacial score (nSPS) is 29.2. The molecule has 0 saturated heterocycles. The third-order valence-electron chi connectivity index (χ3n) is 4.33. The largest absolute Gasteiger partial charge is 0.486 e. The summed E-state index contributed by atoms with van der Waals surface area (Å²) in [5, 5.41) is 0.524. The first-order valence-electron chi connectivity index (χ1n) is 7.58. The van der Waals surface area contributed by atoms with Crippen LogP contribution in [0.4, 0.5) is 0 Å². The Bertz CT molecular complexity index is 466. The number of fused-ring (bicyclic) bond motifs is 1. The van der Waals surface area contributed by atoms with Gasteiger partial charge in [-0.15, -0.1) is 11.8 Å². The zero-order valence-electron chi connectivity index (χ0n) is 12.0. The van der Waals surface area contributed by atoms with Gasteiger partial charge in [0, 0.05) is 16.2 Å². The molecule has 0 amide bonds. The number of ether oxygens (including phenoxy) is 2. The monoisotopic (exact) mass is 293 g/mol. The van der Waals surface area contributed by atoms with Crippen molar-refractivity contribution in [2.24, 2.45) is 11.7 Å². The Kier molecular flexibility index (Phi) is 4.41. The molecule has 4 heteroatoms. The molecule has 20 heavy (non-hydrogen) atoms. The average Bonchev–Trinajstić information content (AvgIpc) is 2.49. The van der Waals surface area contributed by atoms with E-state index in [1.165, 1.54) is 24.2 Å². The average molecular weight is 293 g/mol. The first-order valence-corrected chi connectivity index (χ1v) is 8.46. The molecule has 0 aromatic heterocycles. The lowest BCUT2D eigenvalue weighted by Gasteiger charge is -2.33. The van der Waals surface area contributed by atoms with Crippen LogP contribution in [0.2, 0.25) is 0 Å². The van der Waals surface area contributed by atoms with Crippen LogP contribution in [0.3, 0.4) is 0 Å². The minimum absolute atomic E-state index is 0.316. The number of benzene rings is 1. The van der Waals surface area contributed by atoms with E-state index in [1.807, 2.05) is 17.8 Å². The molecule has 3 nitrogen and oxygen atoms in total. The number of rotatable bonds is 3. The maximum absolute atomic E-state index is 6.30. The summed E-state index contributed by atoms with van der Waals surface area (Å²) in [5.74, 6) is 2.57. The lowest BCUT2D eigenvalue weighted by molar-refractivity contribution is 0.171. The van der Waals surface area contributed by atoms with Crippen molar-refractivity contribution in [2.75, 3.05) is 13.2 Å². The number of nitrogens with two attached hydrogens (primary N) is 1. The number of thioether (sulfide) groups is 1. The number of hydrogen-bond donors (Lipinski definition) is 1. The van der Waals surface area contributed by atoms with Gasteiger partial charge < -0.3 is 15.2 Å². The van der Waals surface area contributed by atoms with E-state index in [0.717, 1.165) is 23.8 Å². The molecule has 1 aromatic rings. The molecular formula is C16H23NO2S. The highest BCUT2D eigenvalue weighted by Gasteiger charge is 2.28. The summed E-state index contributed by atoms with van der Waals surface area (Å²) >= 11 is 1.90. The SMILES string of the molecule is CCC1CCC(N)C(Sc2ccc3c(c2)OCCO3)C1. The van der Waals surface area contributed by atoms with Crippen molar-refractivity contribution in [3.05, 3.63) is 18.2 Å². The molecule has 2 aliphatic rings. The van der Waals surface area contributed by atoms with Crippen molar-refractivity contribution in [2.45, 2.75) is 48.8 Å². The highest BCUT2D eigenvalue weighted by Crippen LogP contribution is 2.40. The minimum Gasteiger partial charge on any atom is -0.486 e. The van der Waals surface area contributed by atoms with Gasteiger partial charge in [0.05, 0.1) is 0 Å². The van der Waals surface area contributed by atoms with Crippen molar-refractivity contribution in [1.29, 1.82) is 0 Å². The van der Waals surface area contributed by atoms with Crippen LogP contribution in [0.25, 0.3) is 0 Å². The molecule has 1 heterocycles. The Morgan fingerprint density at radius 1 is 1.20 bits per heavy atom. The van der Waals surface area contributed by atoms with Crippen LogP contribution in [-0.4, -0.2) is 24.5 Å². The summed E-state index contributed by atoms with van der Waals surface area (Å²) in [5.41, 5.74) is 6.30. The quantitative estimate of drug-likeness (QED) is 0.927. The fourth-order valence-electron chi connectivity index (χ4n) is 3.01. The second kappa shape index (κ2) is 6.27. The van der Waals surface area contributed by atoms with Crippen LogP contribution >= 0.6 is 11.8 Å². The first-order chi connectivity index (χ1) is 9.76. The van der Waals surface area contributed by atoms with Crippen molar-refractivity contribution >= 4 is 11.8 Å². The molecule has 3 atom stereocenters. The summed E-state index contributed by atoms with van der Waals surface area (Å²) in [6, 6.07) is 6.56. The van der Waals surface area contributed by atoms with Gasteiger partial charge in [0.2, 0.25) is 0 Å². The van der Waals surface area contributed by atoms with Crippen molar-refractivity contribution in [1.82, 2.24) is 0 Å². The molecule has 1 fully saturated rings. The zero-order valence-corrected chi connectivity index (χ0v) is 12.8. The van der Waals surface area contributed by atoms with Gasteiger partial charge in [-0.3, -0.25) is 0 Å². The Morgan fingerprint density at radius 2 is 2.00 bits per heavy atom. The molecule has 1 saturated carbocycles. The minimum atomic E-state index is 0.316. The third-order valence-corrected chi connectivity index (χ3v) is 5.70. The molecule has 2 N–H and O–H groups in total. The van der Waals surface area contributed by atoms with Gasteiger partial charge >= 0.3 is 0 Å². The lowest BCUT2D eigenvalue weighted by Crippen LogP contribution is -2.38. The van der Waals surface area contributed by atoms with Gasteiger partial charge in [0.1, 0.15) is 13.2 Å². The highest BCUT2D eigenvalue weighted by atomic mass is 32.2. The van der Waals surface area contributed by atoms with E-state index in [9.17, 15) is 0 Å². The molecule has 3 unspecified atom stereocenters. The van der Waals surface area contributed by atoms with Crippen LogP contribution < -0.4 is 15.2 Å². The maximum atomic E-state index is 6.30. The molecule has 3 rings (SSSR count). The van der Waals surface area contributed by atoms with Crippen LogP contribution in [0, 0.1) is 5.92 Å². The van der Waals surface area contributed by atoms with Gasteiger partial charge in [0.25, 0.3) is 0 Å². The van der Waals surface area contributed by atoms with E-state index in [4.69, 9.17) is 15.2 Å². The predicted molar refractivity (Wildman–Crippen MR) is 82.7 cm³/mol. The Labute approximate surface area is 125 Å². The Balaban J connectivity index is 1.70. The Morgan fingerprint density at radius 3 is 2.80 bits per heavy atom. The third kappa shape index (κ3) is 3.07. The zero-order chi connectivity index (χ0) is 13.9. The van der Waals surface area contributed by atoms with Gasteiger partial charge in [-0.2, -0.15) is 0 Å². The van der Waals surface area contributed by atoms with E-state index < -0.39 is 0 Å². The fourth-order valence-corrected chi connectivity index (χ4v) is 4.36. The lowest BCUT2D eigenvalue weighted by atomic mass is 9.84. The van der Waals surface area contributed by atoms with Crippen molar-refractivity contribution in [3.63, 3.8) is 0 Å². The summed E-state index contributed by atoms with van der Waals surface area (Å²) in [4.78, 5) is 1.24. The van der Waals surface area contributed by atoms with Crippen molar-refractivity contribution in [3.8, 4) is 11.5 Å². The molecule has 1 aliphatic carbocycles. The van der Waals surface area contributed by atoms with E-state index in [-0.39, 0.29) is 0 Å². The molecule has 0 spiro atoms. The van der Waals surface area contributed by atoms with Crippen LogP contribution in [0.5, 0.6) is 11.5 Å². The summed E-state index contributed by atoms with van der Waals surface area (Å²) in [6.07, 6.45) is 4.94. The summed E-state index contributed by atoms with van der Waals surface area (Å²) < 4.78 is 11.2. The number of hydrogen-bond acceptors (Lipinski definition) is 4. The van der Waals surface area contributed by atoms with Gasteiger partial charge in [0.15, 0.2) is 11.5 Å². The van der Waals surface area contributed by atoms with Crippen LogP contribution in [0.15, 0.2) is 23.1 Å². The molecule has 0 bridgehead atoms. The predicted octanol–water partition coefficient (Wildman–Crippen LogP) is 3.46. The van der Waals surface area contributed by atoms with E-state index in [2.05, 4.69) is 19.1 Å². The highest BCUT2D eigenvalue weighted by molar-refractivity contribution is 8.00. The van der Waals surface area contributed by atoms with E-state index >= 15 is 0 Å². The first kappa shape index (κ1) is 14.1. The molecule has 1 aliphatic heterocycles. The Hall–Kier alpha value is -0.870. The van der Waals surface area contributed by atoms with Crippen LogP contribution in [-0.2, 0) is 0 Å². The molecule has 1 aromatic carbocycles. The van der Waals surface area contributed by atoms with E-state index in [0.29, 0.717) is 24.5 Å². The molecule has 110 valence electrons. The smallest absolute Gasteiger partial charge is 0.162 e. The van der Waals surface area contributed by atoms with Gasteiger partial charge in [-0.25, -0.2) is 0 Å². The van der Waals surface area contributed by atoms with Crippen LogP contribution in [0.1, 0.15) is 32.6 Å². The van der Waals surface area contributed by atoms with Crippen molar-refractivity contribution < 1.29 is 9.47 Å². The summed E-state index contributed by atoms with van der Waals surface area (Å²) in [6.45, 7) is 3.57. The fraction of sp³-hybridized carbons (Fsp3) is 0.625. The molecule has 0 radical (unpaired) electrons. The molecular weight excluding hydrogens is 270 g/mol. The summed E-state index contributed by atoms with van der Waals surface area (Å²) in [7, 11) is 0. The maximum Gasteiger partial charge on any atom is 0.162 e. The van der Waals surface area contributed by atoms with Gasteiger partial charge in [-0.1, -0.05) is 13.3 Å². The standard InChI is InChI=1S/C16H23NO2S/c1-2-11-3-5-13(17)16(9-11)20-12-4-6-14-15(10-12)19-8-7-18-14/h4,6,10-11,13,16H,2-3,5,7-9,17H2,1H3. The second-order valence-electron chi connectivity index (χ2n) is 5.71. The van der Waals surface area contributed by atoms with Gasteiger partial charge in [-0.05, 0) is 43.4 Å².